The summed E-state index contributed by atoms with van der Waals surface area (Å²) in [7, 11) is 0. The summed E-state index contributed by atoms with van der Waals surface area (Å²) in [5.41, 5.74) is 1.11. The number of hydrogen-bond donors (Lipinski definition) is 2. The zero-order chi connectivity index (χ0) is 19.1. The maximum absolute atomic E-state index is 12.2. The molecule has 1 fully saturated rings. The molecule has 140 valence electrons. The molecule has 8 heteroatoms. The molecule has 2 rings (SSSR count). The van der Waals surface area contributed by atoms with Crippen LogP contribution in [0.1, 0.15) is 16.9 Å². The quantitative estimate of drug-likeness (QED) is 0.692. The minimum absolute atomic E-state index is 0.0244. The van der Waals surface area contributed by atoms with Gasteiger partial charge in [-0.3, -0.25) is 24.7 Å². The zero-order valence-corrected chi connectivity index (χ0v) is 15.3. The van der Waals surface area contributed by atoms with Crippen LogP contribution in [-0.4, -0.2) is 67.4 Å². The number of carbonyl (C=O) groups excluding carboxylic acids is 2. The molecule has 8 nitrogen and oxygen atoms in total. The van der Waals surface area contributed by atoms with Crippen LogP contribution < -0.4 is 10.6 Å². The van der Waals surface area contributed by atoms with Crippen molar-refractivity contribution >= 4 is 17.7 Å². The molecule has 0 bridgehead atoms. The van der Waals surface area contributed by atoms with Gasteiger partial charge in [0.1, 0.15) is 17.4 Å². The van der Waals surface area contributed by atoms with Gasteiger partial charge in [0.05, 0.1) is 13.1 Å². The van der Waals surface area contributed by atoms with Gasteiger partial charge in [0.25, 0.3) is 0 Å². The van der Waals surface area contributed by atoms with E-state index in [0.717, 1.165) is 18.7 Å². The van der Waals surface area contributed by atoms with Crippen molar-refractivity contribution in [3.63, 3.8) is 0 Å². The third-order valence-electron chi connectivity index (χ3n) is 4.39. The first-order chi connectivity index (χ1) is 12.4. The summed E-state index contributed by atoms with van der Waals surface area (Å²) in [5, 5.41) is 14.6. The van der Waals surface area contributed by atoms with Gasteiger partial charge < -0.3 is 9.73 Å². The van der Waals surface area contributed by atoms with Crippen LogP contribution in [0.3, 0.4) is 0 Å². The summed E-state index contributed by atoms with van der Waals surface area (Å²) in [4.78, 5) is 28.0. The first-order valence-electron chi connectivity index (χ1n) is 8.56. The molecule has 1 aromatic heterocycles. The van der Waals surface area contributed by atoms with Crippen LogP contribution in [-0.2, 0) is 9.59 Å². The van der Waals surface area contributed by atoms with Gasteiger partial charge in [-0.15, -0.1) is 6.58 Å². The van der Waals surface area contributed by atoms with Crippen molar-refractivity contribution < 1.29 is 14.0 Å². The van der Waals surface area contributed by atoms with Gasteiger partial charge in [0.15, 0.2) is 0 Å². The lowest BCUT2D eigenvalue weighted by Gasteiger charge is -2.33. The first kappa shape index (κ1) is 19.7. The monoisotopic (exact) mass is 359 g/mol. The van der Waals surface area contributed by atoms with E-state index in [1.165, 1.54) is 0 Å². The molecule has 0 radical (unpaired) electrons. The SMILES string of the molecule is C=CCNC(=O)CN1CCN(CC(=O)Nc2oc(C)c(C)c2C#N)CC1. The maximum atomic E-state index is 12.2. The maximum Gasteiger partial charge on any atom is 0.240 e. The Labute approximate surface area is 153 Å². The summed E-state index contributed by atoms with van der Waals surface area (Å²) in [5.74, 6) is 0.598. The van der Waals surface area contributed by atoms with Gasteiger partial charge in [0, 0.05) is 38.3 Å². The second-order valence-corrected chi connectivity index (χ2v) is 6.29. The third kappa shape index (κ3) is 5.18. The highest BCUT2D eigenvalue weighted by Gasteiger charge is 2.22. The first-order valence-corrected chi connectivity index (χ1v) is 8.56. The number of furan rings is 1. The topological polar surface area (TPSA) is 102 Å². The molecule has 0 aromatic carbocycles. The average Bonchev–Trinajstić information content (AvgIpc) is 2.87. The predicted octanol–water partition coefficient (Wildman–Crippen LogP) is 0.626. The number of amides is 2. The number of hydrogen-bond acceptors (Lipinski definition) is 6. The number of nitrogens with one attached hydrogen (secondary N) is 2. The van der Waals surface area contributed by atoms with E-state index in [0.29, 0.717) is 37.5 Å². The smallest absolute Gasteiger partial charge is 0.240 e. The second kappa shape index (κ2) is 9.17. The van der Waals surface area contributed by atoms with Crippen molar-refractivity contribution in [3.05, 3.63) is 29.5 Å². The van der Waals surface area contributed by atoms with Gasteiger partial charge in [-0.2, -0.15) is 5.26 Å². The Balaban J connectivity index is 1.78. The number of rotatable bonds is 7. The van der Waals surface area contributed by atoms with Gasteiger partial charge >= 0.3 is 0 Å². The van der Waals surface area contributed by atoms with E-state index < -0.39 is 0 Å². The Hall–Kier alpha value is -2.63. The van der Waals surface area contributed by atoms with E-state index in [1.54, 1.807) is 19.9 Å². The van der Waals surface area contributed by atoms with Crippen molar-refractivity contribution in [1.29, 1.82) is 5.26 Å². The highest BCUT2D eigenvalue weighted by atomic mass is 16.4. The van der Waals surface area contributed by atoms with Crippen LogP contribution in [0.5, 0.6) is 0 Å². The molecule has 2 N–H and O–H groups in total. The van der Waals surface area contributed by atoms with Gasteiger partial charge in [-0.25, -0.2) is 0 Å². The van der Waals surface area contributed by atoms with Crippen LogP contribution in [0.2, 0.25) is 0 Å². The average molecular weight is 359 g/mol. The van der Waals surface area contributed by atoms with E-state index in [-0.39, 0.29) is 24.2 Å². The lowest BCUT2D eigenvalue weighted by Crippen LogP contribution is -2.51. The van der Waals surface area contributed by atoms with Crippen molar-refractivity contribution in [2.24, 2.45) is 0 Å². The number of aryl methyl sites for hydroxylation is 1. The molecular weight excluding hydrogens is 334 g/mol. The highest BCUT2D eigenvalue weighted by molar-refractivity contribution is 5.92. The second-order valence-electron chi connectivity index (χ2n) is 6.29. The van der Waals surface area contributed by atoms with Gasteiger partial charge in [0.2, 0.25) is 17.7 Å². The van der Waals surface area contributed by atoms with Gasteiger partial charge in [-0.05, 0) is 13.8 Å². The normalized spacial score (nSPS) is 15.3. The molecule has 0 spiro atoms. The Kier molecular flexibility index (Phi) is 6.95. The van der Waals surface area contributed by atoms with Crippen molar-refractivity contribution in [1.82, 2.24) is 15.1 Å². The van der Waals surface area contributed by atoms with Gasteiger partial charge in [-0.1, -0.05) is 6.08 Å². The molecule has 1 aliphatic rings. The Bertz CT molecular complexity index is 711. The molecule has 0 saturated carbocycles. The summed E-state index contributed by atoms with van der Waals surface area (Å²) in [6, 6.07) is 2.06. The molecule has 0 unspecified atom stereocenters. The lowest BCUT2D eigenvalue weighted by molar-refractivity contribution is -0.123. The molecule has 26 heavy (non-hydrogen) atoms. The Morgan fingerprint density at radius 3 is 2.31 bits per heavy atom. The van der Waals surface area contributed by atoms with E-state index in [4.69, 9.17) is 4.42 Å². The third-order valence-corrected chi connectivity index (χ3v) is 4.39. The van der Waals surface area contributed by atoms with Crippen LogP contribution in [0.15, 0.2) is 17.1 Å². The molecule has 0 atom stereocenters. The minimum Gasteiger partial charge on any atom is -0.444 e. The number of carbonyl (C=O) groups is 2. The summed E-state index contributed by atoms with van der Waals surface area (Å²) in [6.45, 7) is 11.0. The fourth-order valence-electron chi connectivity index (χ4n) is 2.77. The van der Waals surface area contributed by atoms with Crippen molar-refractivity contribution in [2.75, 3.05) is 51.1 Å². The minimum atomic E-state index is -0.215. The number of nitriles is 1. The molecule has 1 aromatic rings. The summed E-state index contributed by atoms with van der Waals surface area (Å²) < 4.78 is 5.46. The Morgan fingerprint density at radius 2 is 1.77 bits per heavy atom. The molecular formula is C18H25N5O3. The largest absolute Gasteiger partial charge is 0.444 e. The molecule has 1 saturated heterocycles. The number of piperazine rings is 1. The molecule has 1 aliphatic heterocycles. The van der Waals surface area contributed by atoms with Crippen molar-refractivity contribution in [2.45, 2.75) is 13.8 Å². The zero-order valence-electron chi connectivity index (χ0n) is 15.3. The van der Waals surface area contributed by atoms with Crippen LogP contribution >= 0.6 is 0 Å². The van der Waals surface area contributed by atoms with Crippen LogP contribution in [0.4, 0.5) is 5.88 Å². The predicted molar refractivity (Wildman–Crippen MR) is 97.6 cm³/mol. The fourth-order valence-corrected chi connectivity index (χ4v) is 2.77. The standard InChI is InChI=1S/C18H25N5O3/c1-4-5-20-16(24)11-22-6-8-23(9-7-22)12-17(25)21-18-15(10-19)13(2)14(3)26-18/h4H,1,5-9,11-12H2,2-3H3,(H,20,24)(H,21,25). The number of nitrogens with zero attached hydrogens (tertiary/aromatic N) is 3. The van der Waals surface area contributed by atoms with Crippen molar-refractivity contribution in [3.8, 4) is 6.07 Å². The summed E-state index contributed by atoms with van der Waals surface area (Å²) in [6.07, 6.45) is 1.65. The Morgan fingerprint density at radius 1 is 1.19 bits per heavy atom. The van der Waals surface area contributed by atoms with E-state index in [2.05, 4.69) is 28.2 Å². The van der Waals surface area contributed by atoms with E-state index >= 15 is 0 Å². The molecule has 0 aliphatic carbocycles. The molecule has 2 heterocycles. The van der Waals surface area contributed by atoms with Crippen LogP contribution in [0, 0.1) is 25.2 Å². The highest BCUT2D eigenvalue weighted by Crippen LogP contribution is 2.25. The molecule has 2 amide bonds. The van der Waals surface area contributed by atoms with E-state index in [1.807, 2.05) is 4.90 Å². The summed E-state index contributed by atoms with van der Waals surface area (Å²) >= 11 is 0. The number of anilines is 1. The lowest BCUT2D eigenvalue weighted by atomic mass is 10.2. The fraction of sp³-hybridized carbons (Fsp3) is 0.500. The van der Waals surface area contributed by atoms with E-state index in [9.17, 15) is 14.9 Å². The van der Waals surface area contributed by atoms with Crippen LogP contribution in [0.25, 0.3) is 0 Å².